The van der Waals surface area contributed by atoms with Crippen LogP contribution in [0.2, 0.25) is 0 Å². The molecule has 0 radical (unpaired) electrons. The molecular formula is C24H26N4O2S. The number of anilines is 2. The third kappa shape index (κ3) is 5.04. The lowest BCUT2D eigenvalue weighted by molar-refractivity contribution is -0.146. The Bertz CT molecular complexity index is 1190. The number of nitrogens with one attached hydrogen (secondary N) is 1. The van der Waals surface area contributed by atoms with Gasteiger partial charge in [0.15, 0.2) is 0 Å². The molecular weight excluding hydrogens is 408 g/mol. The minimum Gasteiger partial charge on any atom is -0.455 e. The number of rotatable bonds is 4. The molecule has 0 spiro atoms. The molecule has 3 rings (SSSR count). The molecule has 160 valence electrons. The quantitative estimate of drug-likeness (QED) is 0.235. The summed E-state index contributed by atoms with van der Waals surface area (Å²) in [6, 6.07) is 7.59. The Kier molecular flexibility index (Phi) is 6.32. The fourth-order valence-corrected chi connectivity index (χ4v) is 4.10. The van der Waals surface area contributed by atoms with Crippen molar-refractivity contribution in [3.05, 3.63) is 41.4 Å². The van der Waals surface area contributed by atoms with E-state index >= 15 is 0 Å². The van der Waals surface area contributed by atoms with E-state index in [0.29, 0.717) is 23.5 Å². The maximum atomic E-state index is 12.3. The van der Waals surface area contributed by atoms with Crippen molar-refractivity contribution in [1.82, 2.24) is 4.98 Å². The number of nitrogens with zero attached hydrogens (tertiary/aromatic N) is 1. The number of aromatic nitrogens is 1. The van der Waals surface area contributed by atoms with E-state index in [1.807, 2.05) is 36.6 Å². The first-order valence-electron chi connectivity index (χ1n) is 9.95. The highest BCUT2D eigenvalue weighted by Crippen LogP contribution is 2.38. The lowest BCUT2D eigenvalue weighted by Crippen LogP contribution is -2.31. The van der Waals surface area contributed by atoms with Crippen LogP contribution >= 0.6 is 11.3 Å². The SMILES string of the molecule is CCC(C#Cc1cnc(N)c2c(-c3ccc(N)cc3)csc12)C(=N)C(=O)OC(C)(C)C. The molecule has 0 aliphatic carbocycles. The number of thiophene rings is 1. The van der Waals surface area contributed by atoms with E-state index in [1.165, 1.54) is 11.3 Å². The largest absolute Gasteiger partial charge is 0.455 e. The van der Waals surface area contributed by atoms with Crippen LogP contribution in [0.25, 0.3) is 21.2 Å². The highest BCUT2D eigenvalue weighted by atomic mass is 32.1. The van der Waals surface area contributed by atoms with Gasteiger partial charge in [-0.1, -0.05) is 30.9 Å². The molecule has 5 N–H and O–H groups in total. The number of ether oxygens (including phenoxy) is 1. The number of fused-ring (bicyclic) bond motifs is 1. The monoisotopic (exact) mass is 434 g/mol. The summed E-state index contributed by atoms with van der Waals surface area (Å²) in [4.78, 5) is 16.6. The molecule has 0 aliphatic rings. The first-order valence-corrected chi connectivity index (χ1v) is 10.8. The van der Waals surface area contributed by atoms with Crippen molar-refractivity contribution in [2.45, 2.75) is 39.7 Å². The second-order valence-electron chi connectivity index (χ2n) is 8.18. The van der Waals surface area contributed by atoms with Gasteiger partial charge in [0, 0.05) is 22.8 Å². The predicted molar refractivity (Wildman–Crippen MR) is 128 cm³/mol. The number of nitrogen functional groups attached to an aromatic ring is 2. The molecule has 3 aromatic rings. The lowest BCUT2D eigenvalue weighted by atomic mass is 9.99. The summed E-state index contributed by atoms with van der Waals surface area (Å²) in [6.07, 6.45) is 2.16. The Morgan fingerprint density at radius 2 is 1.94 bits per heavy atom. The van der Waals surface area contributed by atoms with Crippen LogP contribution < -0.4 is 11.5 Å². The van der Waals surface area contributed by atoms with Crippen molar-refractivity contribution >= 4 is 44.6 Å². The topological polar surface area (TPSA) is 115 Å². The average molecular weight is 435 g/mol. The molecule has 1 atom stereocenters. The lowest BCUT2D eigenvalue weighted by Gasteiger charge is -2.20. The Balaban J connectivity index is 1.97. The number of hydrogen-bond donors (Lipinski definition) is 3. The molecule has 0 fully saturated rings. The first-order chi connectivity index (χ1) is 14.6. The van der Waals surface area contributed by atoms with Crippen molar-refractivity contribution in [3.8, 4) is 23.0 Å². The average Bonchev–Trinajstić information content (AvgIpc) is 3.15. The van der Waals surface area contributed by atoms with Gasteiger partial charge in [-0.25, -0.2) is 9.78 Å². The van der Waals surface area contributed by atoms with E-state index in [2.05, 4.69) is 16.8 Å². The zero-order valence-electron chi connectivity index (χ0n) is 18.1. The van der Waals surface area contributed by atoms with Gasteiger partial charge in [0.05, 0.1) is 16.2 Å². The molecule has 0 amide bonds. The second kappa shape index (κ2) is 8.78. The molecule has 0 saturated carbocycles. The van der Waals surface area contributed by atoms with Gasteiger partial charge >= 0.3 is 5.97 Å². The Morgan fingerprint density at radius 1 is 1.26 bits per heavy atom. The van der Waals surface area contributed by atoms with Crippen LogP contribution in [0.1, 0.15) is 39.7 Å². The highest BCUT2D eigenvalue weighted by molar-refractivity contribution is 7.18. The van der Waals surface area contributed by atoms with Gasteiger partial charge in [0.1, 0.15) is 17.1 Å². The highest BCUT2D eigenvalue weighted by Gasteiger charge is 2.24. The van der Waals surface area contributed by atoms with Gasteiger partial charge in [-0.2, -0.15) is 0 Å². The second-order valence-corrected chi connectivity index (χ2v) is 9.06. The van der Waals surface area contributed by atoms with Crippen LogP contribution in [0.5, 0.6) is 0 Å². The normalized spacial score (nSPS) is 12.1. The van der Waals surface area contributed by atoms with Crippen molar-refractivity contribution < 1.29 is 9.53 Å². The molecule has 0 saturated heterocycles. The first kappa shape index (κ1) is 22.3. The minimum atomic E-state index is -0.655. The van der Waals surface area contributed by atoms with Crippen molar-refractivity contribution in [2.75, 3.05) is 11.5 Å². The number of pyridine rings is 1. The van der Waals surface area contributed by atoms with Crippen molar-refractivity contribution in [2.24, 2.45) is 5.92 Å². The zero-order chi connectivity index (χ0) is 22.8. The molecule has 31 heavy (non-hydrogen) atoms. The number of hydrogen-bond acceptors (Lipinski definition) is 7. The molecule has 0 aliphatic heterocycles. The Labute approximate surface area is 186 Å². The molecule has 0 bridgehead atoms. The number of benzene rings is 1. The summed E-state index contributed by atoms with van der Waals surface area (Å²) in [6.45, 7) is 7.21. The van der Waals surface area contributed by atoms with E-state index in [-0.39, 0.29) is 5.71 Å². The summed E-state index contributed by atoms with van der Waals surface area (Å²) in [5.41, 5.74) is 14.6. The Morgan fingerprint density at radius 3 is 2.55 bits per heavy atom. The molecule has 7 heteroatoms. The zero-order valence-corrected chi connectivity index (χ0v) is 18.9. The summed E-state index contributed by atoms with van der Waals surface area (Å²) in [5, 5.41) is 11.1. The summed E-state index contributed by atoms with van der Waals surface area (Å²) in [5.74, 6) is 5.43. The summed E-state index contributed by atoms with van der Waals surface area (Å²) >= 11 is 1.54. The third-order valence-corrected chi connectivity index (χ3v) is 5.62. The summed E-state index contributed by atoms with van der Waals surface area (Å²) in [7, 11) is 0. The Hall–Kier alpha value is -3.37. The molecule has 2 heterocycles. The van der Waals surface area contributed by atoms with Crippen molar-refractivity contribution in [3.63, 3.8) is 0 Å². The van der Waals surface area contributed by atoms with Gasteiger partial charge in [0.25, 0.3) is 0 Å². The van der Waals surface area contributed by atoms with Gasteiger partial charge < -0.3 is 16.2 Å². The molecule has 1 unspecified atom stereocenters. The smallest absolute Gasteiger partial charge is 0.353 e. The van der Waals surface area contributed by atoms with Crippen LogP contribution in [0.3, 0.4) is 0 Å². The van der Waals surface area contributed by atoms with Gasteiger partial charge in [0.2, 0.25) is 0 Å². The van der Waals surface area contributed by atoms with Crippen LogP contribution in [0.4, 0.5) is 11.5 Å². The van der Waals surface area contributed by atoms with Crippen LogP contribution in [0, 0.1) is 23.2 Å². The van der Waals surface area contributed by atoms with Crippen molar-refractivity contribution in [1.29, 1.82) is 5.41 Å². The maximum Gasteiger partial charge on any atom is 0.353 e. The number of nitrogens with two attached hydrogens (primary N) is 2. The molecule has 2 aromatic heterocycles. The van der Waals surface area contributed by atoms with E-state index in [1.54, 1.807) is 27.0 Å². The fraction of sp³-hybridized carbons (Fsp3) is 0.292. The van der Waals surface area contributed by atoms with Crippen LogP contribution in [-0.4, -0.2) is 22.3 Å². The predicted octanol–water partition coefficient (Wildman–Crippen LogP) is 4.87. The van der Waals surface area contributed by atoms with E-state index < -0.39 is 17.5 Å². The van der Waals surface area contributed by atoms with Crippen LogP contribution in [-0.2, 0) is 9.53 Å². The van der Waals surface area contributed by atoms with Gasteiger partial charge in [-0.15, -0.1) is 11.3 Å². The number of carbonyl (C=O) groups excluding carboxylic acids is 1. The standard InChI is InChI=1S/C24H26N4O2S/c1-5-14(20(26)23(29)30-24(2,3)4)6-7-16-12-28-22(27)19-18(13-31-21(16)19)15-8-10-17(25)11-9-15/h8-14,26H,5,25H2,1-4H3,(H2,27,28). The van der Waals surface area contributed by atoms with E-state index in [4.69, 9.17) is 21.6 Å². The van der Waals surface area contributed by atoms with Gasteiger partial charge in [-0.05, 0) is 50.3 Å². The summed E-state index contributed by atoms with van der Waals surface area (Å²) < 4.78 is 6.24. The number of esters is 1. The van der Waals surface area contributed by atoms with Gasteiger partial charge in [-0.3, -0.25) is 5.41 Å². The third-order valence-electron chi connectivity index (χ3n) is 4.60. The van der Waals surface area contributed by atoms with Crippen LogP contribution in [0.15, 0.2) is 35.8 Å². The maximum absolute atomic E-state index is 12.3. The van der Waals surface area contributed by atoms with E-state index in [9.17, 15) is 4.79 Å². The minimum absolute atomic E-state index is 0.140. The molecule has 6 nitrogen and oxygen atoms in total. The van der Waals surface area contributed by atoms with E-state index in [0.717, 1.165) is 21.2 Å². The number of carbonyl (C=O) groups is 1. The fourth-order valence-electron chi connectivity index (χ4n) is 3.05. The molecule has 1 aromatic carbocycles.